The molecule has 0 radical (unpaired) electrons. The van der Waals surface area contributed by atoms with E-state index >= 15 is 0 Å². The largest absolute Gasteiger partial charge is 0.508 e. The number of amides is 2. The highest BCUT2D eigenvalue weighted by atomic mass is 16.3. The van der Waals surface area contributed by atoms with Gasteiger partial charge in [0, 0.05) is 19.5 Å². The van der Waals surface area contributed by atoms with E-state index in [1.54, 1.807) is 19.1 Å². The first-order chi connectivity index (χ1) is 13.3. The fourth-order valence-corrected chi connectivity index (χ4v) is 3.94. The Morgan fingerprint density at radius 2 is 1.79 bits per heavy atom. The summed E-state index contributed by atoms with van der Waals surface area (Å²) in [6.45, 7) is 6.89. The number of nitrogens with zero attached hydrogens (tertiary/aromatic N) is 1. The Balaban J connectivity index is 1.54. The quantitative estimate of drug-likeness (QED) is 0.838. The highest BCUT2D eigenvalue weighted by molar-refractivity contribution is 5.87. The molecule has 0 aromatic heterocycles. The number of benzene rings is 2. The van der Waals surface area contributed by atoms with Crippen LogP contribution in [0.1, 0.15) is 41.2 Å². The maximum Gasteiger partial charge on any atom is 0.245 e. The number of phenolic OH excluding ortho intramolecular Hbond substituents is 1. The summed E-state index contributed by atoms with van der Waals surface area (Å²) in [4.78, 5) is 26.9. The molecule has 2 aromatic carbocycles. The van der Waals surface area contributed by atoms with Crippen molar-refractivity contribution in [3.05, 3.63) is 64.2 Å². The van der Waals surface area contributed by atoms with Gasteiger partial charge in [-0.1, -0.05) is 24.3 Å². The first kappa shape index (κ1) is 19.9. The zero-order valence-corrected chi connectivity index (χ0v) is 16.8. The molecule has 1 heterocycles. The summed E-state index contributed by atoms with van der Waals surface area (Å²) >= 11 is 0. The second kappa shape index (κ2) is 8.46. The van der Waals surface area contributed by atoms with Gasteiger partial charge in [0.1, 0.15) is 11.8 Å². The van der Waals surface area contributed by atoms with E-state index < -0.39 is 6.04 Å². The summed E-state index contributed by atoms with van der Waals surface area (Å²) in [6, 6.07) is 11.1. The molecule has 0 unspecified atom stereocenters. The molecule has 148 valence electrons. The lowest BCUT2D eigenvalue weighted by molar-refractivity contribution is -0.136. The first-order valence-corrected chi connectivity index (χ1v) is 9.79. The summed E-state index contributed by atoms with van der Waals surface area (Å²) in [5.41, 5.74) is 5.49. The molecule has 0 saturated heterocycles. The van der Waals surface area contributed by atoms with Crippen molar-refractivity contribution in [2.75, 3.05) is 6.54 Å². The number of nitrogens with one attached hydrogen (secondary N) is 1. The monoisotopic (exact) mass is 380 g/mol. The normalized spacial score (nSPS) is 14.3. The van der Waals surface area contributed by atoms with Gasteiger partial charge in [-0.15, -0.1) is 0 Å². The number of hydrogen-bond donors (Lipinski definition) is 2. The van der Waals surface area contributed by atoms with Gasteiger partial charge in [-0.3, -0.25) is 9.59 Å². The van der Waals surface area contributed by atoms with Crippen LogP contribution in [0.5, 0.6) is 5.75 Å². The van der Waals surface area contributed by atoms with Crippen LogP contribution < -0.4 is 5.32 Å². The van der Waals surface area contributed by atoms with Gasteiger partial charge in [0.15, 0.2) is 0 Å². The number of phenols is 1. The molecule has 0 saturated carbocycles. The Hall–Kier alpha value is -2.82. The predicted octanol–water partition coefficient (Wildman–Crippen LogP) is 3.03. The molecule has 2 aromatic rings. The van der Waals surface area contributed by atoms with Crippen molar-refractivity contribution < 1.29 is 14.7 Å². The van der Waals surface area contributed by atoms with Gasteiger partial charge in [0.2, 0.25) is 11.8 Å². The van der Waals surface area contributed by atoms with Crippen molar-refractivity contribution in [2.24, 2.45) is 0 Å². The lowest BCUT2D eigenvalue weighted by atomic mass is 9.98. The third-order valence-electron chi connectivity index (χ3n) is 5.47. The average Bonchev–Trinajstić information content (AvgIpc) is 2.66. The first-order valence-electron chi connectivity index (χ1n) is 9.79. The highest BCUT2D eigenvalue weighted by Crippen LogP contribution is 2.22. The van der Waals surface area contributed by atoms with Crippen LogP contribution in [0.3, 0.4) is 0 Å². The Bertz CT molecular complexity index is 868. The van der Waals surface area contributed by atoms with Crippen molar-refractivity contribution >= 4 is 11.8 Å². The zero-order valence-electron chi connectivity index (χ0n) is 16.8. The van der Waals surface area contributed by atoms with Gasteiger partial charge < -0.3 is 15.3 Å². The summed E-state index contributed by atoms with van der Waals surface area (Å²) in [7, 11) is 0. The summed E-state index contributed by atoms with van der Waals surface area (Å²) in [5, 5.41) is 12.5. The SMILES string of the molecule is Cc1cc(O)cc(C)c1CCC(=O)N[C@H](C)C(=O)N1CCc2ccccc2C1. The molecule has 28 heavy (non-hydrogen) atoms. The number of carbonyl (C=O) groups is 2. The third-order valence-corrected chi connectivity index (χ3v) is 5.47. The van der Waals surface area contributed by atoms with Crippen LogP contribution in [-0.4, -0.2) is 34.4 Å². The van der Waals surface area contributed by atoms with E-state index in [0.29, 0.717) is 25.9 Å². The highest BCUT2D eigenvalue weighted by Gasteiger charge is 2.25. The number of carbonyl (C=O) groups excluding carboxylic acids is 2. The van der Waals surface area contributed by atoms with Crippen molar-refractivity contribution in [3.63, 3.8) is 0 Å². The number of aromatic hydroxyl groups is 1. The van der Waals surface area contributed by atoms with Gasteiger partial charge in [-0.2, -0.15) is 0 Å². The fourth-order valence-electron chi connectivity index (χ4n) is 3.94. The van der Waals surface area contributed by atoms with E-state index in [1.807, 2.05) is 30.9 Å². The zero-order chi connectivity index (χ0) is 20.3. The molecule has 1 aliphatic rings. The molecule has 3 rings (SSSR count). The van der Waals surface area contributed by atoms with Crippen LogP contribution in [-0.2, 0) is 29.0 Å². The predicted molar refractivity (Wildman–Crippen MR) is 109 cm³/mol. The molecule has 2 N–H and O–H groups in total. The topological polar surface area (TPSA) is 69.6 Å². The minimum atomic E-state index is -0.542. The van der Waals surface area contributed by atoms with Crippen molar-refractivity contribution in [1.82, 2.24) is 10.2 Å². The van der Waals surface area contributed by atoms with Crippen LogP contribution in [0.4, 0.5) is 0 Å². The van der Waals surface area contributed by atoms with Crippen molar-refractivity contribution in [2.45, 2.75) is 52.6 Å². The lowest BCUT2D eigenvalue weighted by Gasteiger charge is -2.31. The fraction of sp³-hybridized carbons (Fsp3) is 0.391. The second-order valence-electron chi connectivity index (χ2n) is 7.63. The van der Waals surface area contributed by atoms with E-state index in [2.05, 4.69) is 17.4 Å². The van der Waals surface area contributed by atoms with Gasteiger partial charge in [-0.05, 0) is 73.6 Å². The third kappa shape index (κ3) is 4.53. The second-order valence-corrected chi connectivity index (χ2v) is 7.63. The lowest BCUT2D eigenvalue weighted by Crippen LogP contribution is -2.48. The molecule has 1 aliphatic heterocycles. The Morgan fingerprint density at radius 3 is 2.46 bits per heavy atom. The Morgan fingerprint density at radius 1 is 1.14 bits per heavy atom. The molecule has 0 bridgehead atoms. The molecule has 5 heteroatoms. The summed E-state index contributed by atoms with van der Waals surface area (Å²) < 4.78 is 0. The molecule has 0 spiro atoms. The minimum Gasteiger partial charge on any atom is -0.508 e. The number of aryl methyl sites for hydroxylation is 2. The van der Waals surface area contributed by atoms with E-state index in [1.165, 1.54) is 11.1 Å². The van der Waals surface area contributed by atoms with Crippen LogP contribution in [0.2, 0.25) is 0 Å². The molecule has 1 atom stereocenters. The van der Waals surface area contributed by atoms with E-state index in [0.717, 1.165) is 23.1 Å². The Labute approximate surface area is 166 Å². The molecule has 2 amide bonds. The number of hydrogen-bond acceptors (Lipinski definition) is 3. The maximum absolute atomic E-state index is 12.7. The van der Waals surface area contributed by atoms with Crippen LogP contribution in [0.25, 0.3) is 0 Å². The van der Waals surface area contributed by atoms with Gasteiger partial charge >= 0.3 is 0 Å². The van der Waals surface area contributed by atoms with Gasteiger partial charge in [0.25, 0.3) is 0 Å². The van der Waals surface area contributed by atoms with E-state index in [-0.39, 0.29) is 17.6 Å². The summed E-state index contributed by atoms with van der Waals surface area (Å²) in [6.07, 6.45) is 1.75. The van der Waals surface area contributed by atoms with Crippen LogP contribution >= 0.6 is 0 Å². The standard InChI is InChI=1S/C23H28N2O3/c1-15-12-20(26)13-16(2)21(15)8-9-22(27)24-17(3)23(28)25-11-10-18-6-4-5-7-19(18)14-25/h4-7,12-13,17,26H,8-11,14H2,1-3H3,(H,24,27)/t17-/m1/s1. The van der Waals surface area contributed by atoms with Gasteiger partial charge in [-0.25, -0.2) is 0 Å². The Kier molecular flexibility index (Phi) is 6.02. The van der Waals surface area contributed by atoms with Crippen LogP contribution in [0.15, 0.2) is 36.4 Å². The van der Waals surface area contributed by atoms with E-state index in [9.17, 15) is 14.7 Å². The molecule has 0 fully saturated rings. The van der Waals surface area contributed by atoms with Gasteiger partial charge in [0.05, 0.1) is 0 Å². The minimum absolute atomic E-state index is 0.0418. The molecule has 5 nitrogen and oxygen atoms in total. The van der Waals surface area contributed by atoms with Crippen molar-refractivity contribution in [1.29, 1.82) is 0 Å². The molecular weight excluding hydrogens is 352 g/mol. The van der Waals surface area contributed by atoms with Crippen LogP contribution in [0, 0.1) is 13.8 Å². The number of rotatable bonds is 5. The maximum atomic E-state index is 12.7. The molecule has 0 aliphatic carbocycles. The molecular formula is C23H28N2O3. The smallest absolute Gasteiger partial charge is 0.245 e. The summed E-state index contributed by atoms with van der Waals surface area (Å²) in [5.74, 6) is 0.0653. The van der Waals surface area contributed by atoms with Crippen molar-refractivity contribution in [3.8, 4) is 5.75 Å². The average molecular weight is 380 g/mol. The number of fused-ring (bicyclic) bond motifs is 1. The van der Waals surface area contributed by atoms with E-state index in [4.69, 9.17) is 0 Å².